The van der Waals surface area contributed by atoms with Gasteiger partial charge >= 0.3 is 0 Å². The van der Waals surface area contributed by atoms with Crippen molar-refractivity contribution in [3.05, 3.63) is 144 Å². The van der Waals surface area contributed by atoms with Crippen LogP contribution in [0.2, 0.25) is 0 Å². The molecule has 0 bridgehead atoms. The third kappa shape index (κ3) is 4.40. The molecule has 0 fully saturated rings. The summed E-state index contributed by atoms with van der Waals surface area (Å²) in [4.78, 5) is 0. The van der Waals surface area contributed by atoms with E-state index in [1.54, 1.807) is 0 Å². The highest BCUT2D eigenvalue weighted by atomic mass is 31.0. The molecule has 34 heavy (non-hydrogen) atoms. The molecule has 0 spiro atoms. The molecule has 0 amide bonds. The molecule has 0 aliphatic rings. The second-order valence-electron chi connectivity index (χ2n) is 9.16. The Morgan fingerprint density at radius 3 is 0.971 bits per heavy atom. The highest BCUT2D eigenvalue weighted by Gasteiger charge is 2.52. The summed E-state index contributed by atoms with van der Waals surface area (Å²) < 4.78 is 0. The zero-order chi connectivity index (χ0) is 23.9. The summed E-state index contributed by atoms with van der Waals surface area (Å²) in [6.45, 7) is 2.33. The molecule has 0 aromatic heterocycles. The summed E-state index contributed by atoms with van der Waals surface area (Å²) in [6.07, 6.45) is 4.16. The van der Waals surface area contributed by atoms with Crippen LogP contribution in [-0.2, 0) is 10.8 Å². The third-order valence-corrected chi connectivity index (χ3v) is 8.85. The minimum absolute atomic E-state index is 0.161. The second kappa shape index (κ2) is 11.4. The van der Waals surface area contributed by atoms with E-state index < -0.39 is 0 Å². The van der Waals surface area contributed by atoms with Crippen LogP contribution in [0.4, 0.5) is 0 Å². The molecule has 0 N–H and O–H groups in total. The van der Waals surface area contributed by atoms with E-state index in [-0.39, 0.29) is 10.8 Å². The molecule has 0 radical (unpaired) electrons. The lowest BCUT2D eigenvalue weighted by Crippen LogP contribution is -2.52. The van der Waals surface area contributed by atoms with Crippen LogP contribution in [0, 0.1) is 5.92 Å². The Morgan fingerprint density at radius 2 is 0.765 bits per heavy atom. The normalized spacial score (nSPS) is 12.1. The van der Waals surface area contributed by atoms with Crippen LogP contribution in [0.5, 0.6) is 0 Å². The molecule has 4 aromatic rings. The van der Waals surface area contributed by atoms with Gasteiger partial charge in [-0.1, -0.05) is 135 Å². The Morgan fingerprint density at radius 1 is 0.500 bits per heavy atom. The van der Waals surface area contributed by atoms with E-state index in [0.29, 0.717) is 5.92 Å². The van der Waals surface area contributed by atoms with Crippen molar-refractivity contribution < 1.29 is 0 Å². The topological polar surface area (TPSA) is 0 Å². The van der Waals surface area contributed by atoms with Gasteiger partial charge in [-0.3, -0.25) is 0 Å². The fourth-order valence-electron chi connectivity index (χ4n) is 6.04. The maximum Gasteiger partial charge on any atom is 0.0277 e. The predicted octanol–water partition coefficient (Wildman–Crippen LogP) is 8.13. The quantitative estimate of drug-likeness (QED) is 0.200. The lowest BCUT2D eigenvalue weighted by molar-refractivity contribution is 0.225. The largest absolute Gasteiger partial charge is 0.136 e. The summed E-state index contributed by atoms with van der Waals surface area (Å²) in [5, 5.41) is 0. The van der Waals surface area contributed by atoms with Crippen molar-refractivity contribution in [3.8, 4) is 0 Å². The van der Waals surface area contributed by atoms with Crippen molar-refractivity contribution in [2.75, 3.05) is 12.3 Å². The van der Waals surface area contributed by atoms with Crippen molar-refractivity contribution in [1.29, 1.82) is 0 Å². The van der Waals surface area contributed by atoms with Gasteiger partial charge in [-0.05, 0) is 46.9 Å². The number of hydrogen-bond acceptors (Lipinski definition) is 0. The molecule has 4 rings (SSSR count). The summed E-state index contributed by atoms with van der Waals surface area (Å²) in [5.41, 5.74) is 5.25. The number of hydrogen-bond donors (Lipinski definition) is 0. The second-order valence-corrected chi connectivity index (χ2v) is 9.97. The first-order valence-electron chi connectivity index (χ1n) is 12.4. The van der Waals surface area contributed by atoms with Crippen molar-refractivity contribution in [1.82, 2.24) is 0 Å². The van der Waals surface area contributed by atoms with E-state index in [2.05, 4.69) is 147 Å². The maximum absolute atomic E-state index is 3.13. The van der Waals surface area contributed by atoms with E-state index in [9.17, 15) is 0 Å². The van der Waals surface area contributed by atoms with Crippen LogP contribution in [0.3, 0.4) is 0 Å². The summed E-state index contributed by atoms with van der Waals surface area (Å²) >= 11 is 0. The fraction of sp³-hybridized carbons (Fsp3) is 0.250. The Bertz CT molecular complexity index is 955. The molecule has 0 aliphatic heterocycles. The zero-order valence-electron chi connectivity index (χ0n) is 20.1. The predicted molar refractivity (Wildman–Crippen MR) is 155 cm³/mol. The molecule has 4 aromatic carbocycles. The molecule has 0 aliphatic carbocycles. The highest BCUT2D eigenvalue weighted by molar-refractivity contribution is 7.16. The molecule has 2 heteroatoms. The van der Waals surface area contributed by atoms with Gasteiger partial charge in [-0.25, -0.2) is 0 Å². The molecule has 0 saturated carbocycles. The Kier molecular flexibility index (Phi) is 8.37. The van der Waals surface area contributed by atoms with Crippen molar-refractivity contribution in [3.63, 3.8) is 0 Å². The minimum Gasteiger partial charge on any atom is -0.136 e. The van der Waals surface area contributed by atoms with Gasteiger partial charge < -0.3 is 0 Å². The van der Waals surface area contributed by atoms with Crippen molar-refractivity contribution in [2.24, 2.45) is 5.92 Å². The van der Waals surface area contributed by atoms with Crippen LogP contribution in [0.1, 0.15) is 42.0 Å². The molecule has 0 nitrogen and oxygen atoms in total. The van der Waals surface area contributed by atoms with E-state index in [4.69, 9.17) is 0 Å². The van der Waals surface area contributed by atoms with Gasteiger partial charge in [0.25, 0.3) is 0 Å². The van der Waals surface area contributed by atoms with Gasteiger partial charge in [-0.2, -0.15) is 0 Å². The minimum atomic E-state index is -0.161. The highest BCUT2D eigenvalue weighted by Crippen LogP contribution is 2.55. The fourth-order valence-corrected chi connectivity index (χ4v) is 7.55. The summed E-state index contributed by atoms with van der Waals surface area (Å²) in [5.74, 6) is 0.342. The maximum atomic E-state index is 3.13. The van der Waals surface area contributed by atoms with E-state index in [1.807, 2.05) is 0 Å². The first-order chi connectivity index (χ1) is 16.7. The van der Waals surface area contributed by atoms with Gasteiger partial charge in [0, 0.05) is 10.8 Å². The van der Waals surface area contributed by atoms with Crippen LogP contribution in [0.25, 0.3) is 0 Å². The average molecular weight is 483 g/mol. The van der Waals surface area contributed by atoms with Gasteiger partial charge in [0.1, 0.15) is 0 Å². The smallest absolute Gasteiger partial charge is 0.0277 e. The first-order valence-corrected chi connectivity index (χ1v) is 14.0. The lowest BCUT2D eigenvalue weighted by atomic mass is 9.53. The van der Waals surface area contributed by atoms with Crippen LogP contribution in [0.15, 0.2) is 121 Å². The molecular formula is C32H36P2. The molecule has 0 saturated heterocycles. The van der Waals surface area contributed by atoms with Crippen LogP contribution >= 0.6 is 18.5 Å². The van der Waals surface area contributed by atoms with Crippen LogP contribution in [-0.4, -0.2) is 12.3 Å². The first kappa shape index (κ1) is 24.9. The van der Waals surface area contributed by atoms with E-state index in [0.717, 1.165) is 25.2 Å². The number of benzene rings is 4. The van der Waals surface area contributed by atoms with Crippen molar-refractivity contribution >= 4 is 18.5 Å². The van der Waals surface area contributed by atoms with Crippen molar-refractivity contribution in [2.45, 2.75) is 30.6 Å². The summed E-state index contributed by atoms with van der Waals surface area (Å²) in [7, 11) is 6.27. The summed E-state index contributed by atoms with van der Waals surface area (Å²) in [6, 6.07) is 44.8. The van der Waals surface area contributed by atoms with Crippen LogP contribution < -0.4 is 0 Å². The van der Waals surface area contributed by atoms with E-state index in [1.165, 1.54) is 22.3 Å². The molecule has 2 atom stereocenters. The van der Waals surface area contributed by atoms with Gasteiger partial charge in [0.05, 0.1) is 0 Å². The molecular weight excluding hydrogens is 446 g/mol. The van der Waals surface area contributed by atoms with E-state index >= 15 is 0 Å². The Labute approximate surface area is 210 Å². The van der Waals surface area contributed by atoms with Gasteiger partial charge in [0.2, 0.25) is 0 Å². The third-order valence-electron chi connectivity index (χ3n) is 7.57. The molecule has 2 unspecified atom stereocenters. The number of rotatable bonds is 10. The Hall–Kier alpha value is -2.26. The SMILES string of the molecule is CCCC(C(CP)(c1ccccc1)c1ccccc1)C(CP)(c1ccccc1)c1ccccc1. The average Bonchev–Trinajstić information content (AvgIpc) is 2.93. The molecule has 0 heterocycles. The standard InChI is InChI=1S/C32H36P2/c1-2-15-30(31(24-33,26-16-7-3-8-17-26)27-18-9-4-10-19-27)32(25-34,28-20-11-5-12-21-28)29-22-13-6-14-23-29/h3-14,16-23,30H,2,15,24-25,33-34H2,1H3. The van der Waals surface area contributed by atoms with Gasteiger partial charge in [-0.15, -0.1) is 18.5 Å². The molecule has 174 valence electrons. The lowest BCUT2D eigenvalue weighted by Gasteiger charge is -2.52. The zero-order valence-corrected chi connectivity index (χ0v) is 22.4. The Balaban J connectivity index is 2.11. The monoisotopic (exact) mass is 482 g/mol. The van der Waals surface area contributed by atoms with Gasteiger partial charge in [0.15, 0.2) is 0 Å².